The molecular weight excluding hydrogens is 330 g/mol. The summed E-state index contributed by atoms with van der Waals surface area (Å²) in [4.78, 5) is 26.3. The highest BCUT2D eigenvalue weighted by atomic mass is 79.9. The quantitative estimate of drug-likeness (QED) is 0.641. The predicted molar refractivity (Wildman–Crippen MR) is 77.5 cm³/mol. The van der Waals surface area contributed by atoms with Crippen LogP contribution in [0.25, 0.3) is 0 Å². The van der Waals surface area contributed by atoms with Crippen molar-refractivity contribution in [2.45, 2.75) is 23.5 Å². The van der Waals surface area contributed by atoms with Gasteiger partial charge in [0.2, 0.25) is 0 Å². The molecule has 19 heavy (non-hydrogen) atoms. The van der Waals surface area contributed by atoms with E-state index in [0.717, 1.165) is 23.3 Å². The fraction of sp³-hybridized carbons (Fsp3) is 0.273. The Kier molecular flexibility index (Phi) is 4.92. The molecule has 0 fully saturated rings. The maximum atomic E-state index is 11.2. The van der Waals surface area contributed by atoms with Crippen LogP contribution in [0.3, 0.4) is 0 Å². The predicted octanol–water partition coefficient (Wildman–Crippen LogP) is 2.30. The number of hydrogen-bond acceptors (Lipinski definition) is 6. The second kappa shape index (κ2) is 6.67. The molecule has 0 aliphatic rings. The van der Waals surface area contributed by atoms with E-state index in [1.807, 2.05) is 0 Å². The van der Waals surface area contributed by atoms with Gasteiger partial charge in [-0.2, -0.15) is 0 Å². The average Bonchev–Trinajstić information content (AvgIpc) is 2.40. The Hall–Kier alpha value is -1.41. The van der Waals surface area contributed by atoms with E-state index in [2.05, 4.69) is 48.1 Å². The number of nitrogens with zero attached hydrogens (tertiary/aromatic N) is 3. The van der Waals surface area contributed by atoms with Crippen LogP contribution in [0, 0.1) is 0 Å². The number of nitrogens with one attached hydrogen (secondary N) is 2. The molecule has 0 aliphatic carbocycles. The van der Waals surface area contributed by atoms with E-state index in [1.54, 1.807) is 0 Å². The molecule has 8 heteroatoms. The van der Waals surface area contributed by atoms with Crippen LogP contribution in [-0.2, 0) is 0 Å². The van der Waals surface area contributed by atoms with E-state index in [-0.39, 0.29) is 5.56 Å². The summed E-state index contributed by atoms with van der Waals surface area (Å²) in [5.41, 5.74) is -0.188. The SMILES string of the molecule is CCCNc1ncnc(Sc2nccc(=O)[nH]2)c1Br. The molecule has 0 saturated heterocycles. The molecule has 0 aliphatic heterocycles. The standard InChI is InChI=1S/C11H12BrN5OS/c1-2-4-13-9-8(12)10(16-6-15-9)19-11-14-5-3-7(18)17-11/h3,5-6H,2,4H2,1H3,(H,13,15,16)(H,14,17,18). The van der Waals surface area contributed by atoms with Crippen LogP contribution in [0.1, 0.15) is 13.3 Å². The number of H-pyrrole nitrogens is 1. The summed E-state index contributed by atoms with van der Waals surface area (Å²) in [7, 11) is 0. The molecule has 0 atom stereocenters. The first-order chi connectivity index (χ1) is 9.20. The van der Waals surface area contributed by atoms with Gasteiger partial charge in [0.05, 0.1) is 4.47 Å². The van der Waals surface area contributed by atoms with Gasteiger partial charge in [0.25, 0.3) is 5.56 Å². The molecule has 0 spiro atoms. The van der Waals surface area contributed by atoms with Crippen molar-refractivity contribution in [2.24, 2.45) is 0 Å². The lowest BCUT2D eigenvalue weighted by Crippen LogP contribution is -2.06. The third kappa shape index (κ3) is 3.77. The van der Waals surface area contributed by atoms with Gasteiger partial charge in [-0.15, -0.1) is 0 Å². The van der Waals surface area contributed by atoms with Gasteiger partial charge in [0.15, 0.2) is 5.16 Å². The molecule has 2 aromatic rings. The maximum Gasteiger partial charge on any atom is 0.251 e. The molecule has 100 valence electrons. The fourth-order valence-corrected chi connectivity index (χ4v) is 2.61. The molecule has 2 heterocycles. The molecule has 0 radical (unpaired) electrons. The Balaban J connectivity index is 2.23. The Labute approximate surface area is 122 Å². The van der Waals surface area contributed by atoms with E-state index in [4.69, 9.17) is 0 Å². The van der Waals surface area contributed by atoms with E-state index < -0.39 is 0 Å². The third-order valence-electron chi connectivity index (χ3n) is 2.14. The Bertz CT molecular complexity index is 618. The van der Waals surface area contributed by atoms with Gasteiger partial charge in [-0.1, -0.05) is 6.92 Å². The number of aromatic nitrogens is 4. The van der Waals surface area contributed by atoms with E-state index in [1.165, 1.54) is 30.4 Å². The Morgan fingerprint density at radius 3 is 3.00 bits per heavy atom. The average molecular weight is 342 g/mol. The Morgan fingerprint density at radius 1 is 1.42 bits per heavy atom. The summed E-state index contributed by atoms with van der Waals surface area (Å²) in [5.74, 6) is 0.734. The summed E-state index contributed by atoms with van der Waals surface area (Å²) in [6, 6.07) is 1.37. The molecule has 0 unspecified atom stereocenters. The third-order valence-corrected chi connectivity index (χ3v) is 4.06. The van der Waals surface area contributed by atoms with Gasteiger partial charge < -0.3 is 10.3 Å². The summed E-state index contributed by atoms with van der Waals surface area (Å²) in [6.07, 6.45) is 3.95. The first-order valence-corrected chi connectivity index (χ1v) is 7.29. The summed E-state index contributed by atoms with van der Waals surface area (Å²) in [6.45, 7) is 2.91. The first kappa shape index (κ1) is 14.0. The lowest BCUT2D eigenvalue weighted by Gasteiger charge is -2.08. The van der Waals surface area contributed by atoms with Gasteiger partial charge in [0, 0.05) is 18.8 Å². The van der Waals surface area contributed by atoms with E-state index >= 15 is 0 Å². The van der Waals surface area contributed by atoms with Gasteiger partial charge >= 0.3 is 0 Å². The van der Waals surface area contributed by atoms with Crippen LogP contribution < -0.4 is 10.9 Å². The minimum absolute atomic E-state index is 0.188. The van der Waals surface area contributed by atoms with Crippen molar-refractivity contribution in [1.82, 2.24) is 19.9 Å². The highest BCUT2D eigenvalue weighted by molar-refractivity contribution is 9.10. The topological polar surface area (TPSA) is 83.6 Å². The van der Waals surface area contributed by atoms with Crippen LogP contribution in [0.4, 0.5) is 5.82 Å². The van der Waals surface area contributed by atoms with E-state index in [9.17, 15) is 4.79 Å². The molecule has 6 nitrogen and oxygen atoms in total. The van der Waals surface area contributed by atoms with Crippen LogP contribution in [0.2, 0.25) is 0 Å². The lowest BCUT2D eigenvalue weighted by atomic mass is 10.4. The number of aromatic amines is 1. The van der Waals surface area contributed by atoms with Crippen molar-refractivity contribution in [3.8, 4) is 0 Å². The van der Waals surface area contributed by atoms with Crippen LogP contribution >= 0.6 is 27.7 Å². The number of halogens is 1. The van der Waals surface area contributed by atoms with Gasteiger partial charge in [-0.05, 0) is 34.1 Å². The second-order valence-electron chi connectivity index (χ2n) is 3.61. The van der Waals surface area contributed by atoms with Gasteiger partial charge in [-0.3, -0.25) is 4.79 Å². The smallest absolute Gasteiger partial charge is 0.251 e. The second-order valence-corrected chi connectivity index (χ2v) is 5.38. The maximum absolute atomic E-state index is 11.2. The van der Waals surface area contributed by atoms with Crippen LogP contribution in [0.5, 0.6) is 0 Å². The van der Waals surface area contributed by atoms with Crippen molar-refractivity contribution in [1.29, 1.82) is 0 Å². The Morgan fingerprint density at radius 2 is 2.26 bits per heavy atom. The molecule has 0 bridgehead atoms. The molecule has 0 amide bonds. The molecule has 2 aromatic heterocycles. The number of anilines is 1. The monoisotopic (exact) mass is 341 g/mol. The molecule has 2 rings (SSSR count). The zero-order valence-electron chi connectivity index (χ0n) is 10.2. The van der Waals surface area contributed by atoms with Gasteiger partial charge in [0.1, 0.15) is 17.2 Å². The minimum atomic E-state index is -0.188. The zero-order chi connectivity index (χ0) is 13.7. The molecule has 0 saturated carbocycles. The minimum Gasteiger partial charge on any atom is -0.369 e. The van der Waals surface area contributed by atoms with Gasteiger partial charge in [-0.25, -0.2) is 15.0 Å². The van der Waals surface area contributed by atoms with Crippen LogP contribution in [-0.4, -0.2) is 26.5 Å². The molecule has 0 aromatic carbocycles. The van der Waals surface area contributed by atoms with Crippen molar-refractivity contribution < 1.29 is 0 Å². The zero-order valence-corrected chi connectivity index (χ0v) is 12.6. The van der Waals surface area contributed by atoms with Crippen molar-refractivity contribution in [2.75, 3.05) is 11.9 Å². The van der Waals surface area contributed by atoms with E-state index in [0.29, 0.717) is 10.2 Å². The molecule has 2 N–H and O–H groups in total. The van der Waals surface area contributed by atoms with Crippen molar-refractivity contribution in [3.05, 3.63) is 33.4 Å². The molecular formula is C11H12BrN5OS. The fourth-order valence-electron chi connectivity index (χ4n) is 1.29. The normalized spacial score (nSPS) is 10.4. The largest absolute Gasteiger partial charge is 0.369 e. The summed E-state index contributed by atoms with van der Waals surface area (Å²) < 4.78 is 0.764. The lowest BCUT2D eigenvalue weighted by molar-refractivity contribution is 0.921. The highest BCUT2D eigenvalue weighted by Crippen LogP contribution is 2.32. The number of hydrogen-bond donors (Lipinski definition) is 2. The number of rotatable bonds is 5. The van der Waals surface area contributed by atoms with Crippen molar-refractivity contribution >= 4 is 33.5 Å². The van der Waals surface area contributed by atoms with Crippen molar-refractivity contribution in [3.63, 3.8) is 0 Å². The summed E-state index contributed by atoms with van der Waals surface area (Å²) in [5, 5.41) is 4.39. The van der Waals surface area contributed by atoms with Crippen LogP contribution in [0.15, 0.2) is 38.0 Å². The first-order valence-electron chi connectivity index (χ1n) is 5.68. The summed E-state index contributed by atoms with van der Waals surface area (Å²) >= 11 is 4.73. The highest BCUT2D eigenvalue weighted by Gasteiger charge is 2.10.